The van der Waals surface area contributed by atoms with E-state index in [1.165, 1.54) is 18.2 Å². The molecule has 38 heavy (non-hydrogen) atoms. The maximum atomic E-state index is 13.1. The summed E-state index contributed by atoms with van der Waals surface area (Å²) in [5.41, 5.74) is 2.18. The van der Waals surface area contributed by atoms with E-state index in [0.717, 1.165) is 30.0 Å². The second-order valence-corrected chi connectivity index (χ2v) is 10.2. The molecule has 0 saturated carbocycles. The molecule has 1 unspecified atom stereocenters. The second kappa shape index (κ2) is 9.78. The Hall–Kier alpha value is -3.88. The van der Waals surface area contributed by atoms with Crippen LogP contribution >= 0.6 is 0 Å². The lowest BCUT2D eigenvalue weighted by Gasteiger charge is -2.40. The third-order valence-corrected chi connectivity index (χ3v) is 7.73. The van der Waals surface area contributed by atoms with Crippen molar-refractivity contribution in [1.29, 1.82) is 0 Å². The Bertz CT molecular complexity index is 1380. The zero-order valence-electron chi connectivity index (χ0n) is 20.9. The highest BCUT2D eigenvalue weighted by molar-refractivity contribution is 5.94. The molecule has 1 atom stereocenters. The molecule has 2 aliphatic rings. The smallest absolute Gasteiger partial charge is 0.433 e. The van der Waals surface area contributed by atoms with Crippen molar-refractivity contribution in [3.8, 4) is 5.75 Å². The summed E-state index contributed by atoms with van der Waals surface area (Å²) in [7, 11) is 0. The number of phenols is 1. The topological polar surface area (TPSA) is 82.5 Å². The minimum atomic E-state index is -4.57. The van der Waals surface area contributed by atoms with Gasteiger partial charge in [-0.2, -0.15) is 13.2 Å². The molecule has 1 aliphatic carbocycles. The lowest BCUT2D eigenvalue weighted by Crippen LogP contribution is -2.44. The van der Waals surface area contributed by atoms with Crippen LogP contribution in [-0.4, -0.2) is 39.9 Å². The van der Waals surface area contributed by atoms with Crippen molar-refractivity contribution >= 4 is 11.8 Å². The van der Waals surface area contributed by atoms with Gasteiger partial charge in [0.15, 0.2) is 0 Å². The lowest BCUT2D eigenvalue weighted by molar-refractivity contribution is -0.141. The number of likely N-dealkylation sites (tertiary alicyclic amines) is 1. The fourth-order valence-electron chi connectivity index (χ4n) is 5.75. The number of aromatic hydroxyl groups is 1. The van der Waals surface area contributed by atoms with Crippen LogP contribution in [0.4, 0.5) is 13.2 Å². The number of aryl methyl sites for hydroxylation is 1. The number of pyridine rings is 1. The van der Waals surface area contributed by atoms with Gasteiger partial charge >= 0.3 is 6.18 Å². The maximum absolute atomic E-state index is 13.1. The van der Waals surface area contributed by atoms with Gasteiger partial charge in [0.2, 0.25) is 5.91 Å². The van der Waals surface area contributed by atoms with Gasteiger partial charge in [0, 0.05) is 24.1 Å². The third kappa shape index (κ3) is 4.97. The fraction of sp³-hybridized carbons (Fsp3) is 0.345. The number of aromatic nitrogens is 1. The normalized spacial score (nSPS) is 18.3. The summed E-state index contributed by atoms with van der Waals surface area (Å²) in [6.07, 6.45) is -2.69. The molecule has 198 valence electrons. The number of carbonyl (C=O) groups is 2. The number of hydrogen-bond acceptors (Lipinski definition) is 4. The molecule has 0 bridgehead atoms. The van der Waals surface area contributed by atoms with Crippen LogP contribution in [-0.2, 0) is 22.8 Å². The molecule has 2 N–H and O–H groups in total. The highest BCUT2D eigenvalue weighted by Crippen LogP contribution is 2.50. The van der Waals surface area contributed by atoms with Crippen molar-refractivity contribution in [1.82, 2.24) is 15.2 Å². The van der Waals surface area contributed by atoms with E-state index in [4.69, 9.17) is 0 Å². The summed E-state index contributed by atoms with van der Waals surface area (Å²) in [6, 6.07) is 16.1. The molecule has 1 saturated heterocycles. The number of benzene rings is 2. The van der Waals surface area contributed by atoms with Gasteiger partial charge in [-0.25, -0.2) is 4.98 Å². The first-order chi connectivity index (χ1) is 18.1. The average Bonchev–Trinajstić information content (AvgIpc) is 3.18. The number of nitrogens with zero attached hydrogens (tertiary/aromatic N) is 2. The van der Waals surface area contributed by atoms with Crippen LogP contribution in [0, 0.1) is 6.92 Å². The van der Waals surface area contributed by atoms with Crippen molar-refractivity contribution < 1.29 is 27.9 Å². The first-order valence-electron chi connectivity index (χ1n) is 12.6. The number of fused-ring (bicyclic) bond motifs is 2. The van der Waals surface area contributed by atoms with E-state index in [1.54, 1.807) is 19.1 Å². The Morgan fingerprint density at radius 1 is 1.08 bits per heavy atom. The molecule has 2 amide bonds. The van der Waals surface area contributed by atoms with E-state index in [-0.39, 0.29) is 41.1 Å². The number of phenolic OH excluding ortho intramolecular Hbond substituents is 1. The number of piperidine rings is 1. The number of nitrogens with one attached hydrogen (secondary N) is 1. The van der Waals surface area contributed by atoms with Crippen LogP contribution < -0.4 is 5.32 Å². The highest BCUT2D eigenvalue weighted by Gasteiger charge is 2.46. The van der Waals surface area contributed by atoms with Gasteiger partial charge < -0.3 is 15.3 Å². The Labute approximate surface area is 218 Å². The number of rotatable bonds is 4. The number of hydrogen-bond donors (Lipinski definition) is 2. The minimum absolute atomic E-state index is 0.0645. The summed E-state index contributed by atoms with van der Waals surface area (Å²) in [4.78, 5) is 31.4. The molecule has 1 spiro atoms. The summed E-state index contributed by atoms with van der Waals surface area (Å²) < 4.78 is 39.0. The number of amides is 2. The summed E-state index contributed by atoms with van der Waals surface area (Å²) in [5.74, 6) is -0.310. The summed E-state index contributed by atoms with van der Waals surface area (Å²) in [6.45, 7) is 2.87. The van der Waals surface area contributed by atoms with E-state index in [1.807, 2.05) is 23.1 Å². The Morgan fingerprint density at radius 2 is 1.82 bits per heavy atom. The summed E-state index contributed by atoms with van der Waals surface area (Å²) >= 11 is 0. The molecule has 1 aliphatic heterocycles. The van der Waals surface area contributed by atoms with Crippen LogP contribution in [0.5, 0.6) is 5.75 Å². The fourth-order valence-corrected chi connectivity index (χ4v) is 5.75. The Morgan fingerprint density at radius 3 is 2.53 bits per heavy atom. The second-order valence-electron chi connectivity index (χ2n) is 10.2. The monoisotopic (exact) mass is 523 g/mol. The molecule has 5 rings (SSSR count). The third-order valence-electron chi connectivity index (χ3n) is 7.73. The molecule has 3 aromatic rings. The van der Waals surface area contributed by atoms with E-state index in [2.05, 4.69) is 16.4 Å². The van der Waals surface area contributed by atoms with Crippen molar-refractivity contribution in [2.45, 2.75) is 50.2 Å². The average molecular weight is 524 g/mol. The quantitative estimate of drug-likeness (QED) is 0.499. The Balaban J connectivity index is 1.28. The van der Waals surface area contributed by atoms with Gasteiger partial charge in [0.1, 0.15) is 11.4 Å². The van der Waals surface area contributed by atoms with Gasteiger partial charge in [-0.3, -0.25) is 9.59 Å². The SMILES string of the molecule is Cc1cc(C(=O)N2CCC3(CC2)CC(NC(=O)Cc2cccc(C(F)(F)F)n2)c2ccccc23)ccc1O. The van der Waals surface area contributed by atoms with Crippen LogP contribution in [0.3, 0.4) is 0 Å². The van der Waals surface area contributed by atoms with E-state index < -0.39 is 11.9 Å². The van der Waals surface area contributed by atoms with E-state index in [0.29, 0.717) is 30.6 Å². The van der Waals surface area contributed by atoms with Gasteiger partial charge in [0.05, 0.1) is 18.2 Å². The van der Waals surface area contributed by atoms with Gasteiger partial charge in [-0.15, -0.1) is 0 Å². The molecule has 2 heterocycles. The molecular formula is C29H28F3N3O3. The first-order valence-corrected chi connectivity index (χ1v) is 12.6. The zero-order valence-corrected chi connectivity index (χ0v) is 20.9. The number of alkyl halides is 3. The van der Waals surface area contributed by atoms with Crippen molar-refractivity contribution in [2.75, 3.05) is 13.1 Å². The highest BCUT2D eigenvalue weighted by atomic mass is 19.4. The van der Waals surface area contributed by atoms with Crippen molar-refractivity contribution in [3.63, 3.8) is 0 Å². The summed E-state index contributed by atoms with van der Waals surface area (Å²) in [5, 5.41) is 12.8. The predicted octanol–water partition coefficient (Wildman–Crippen LogP) is 5.09. The van der Waals surface area contributed by atoms with Crippen LogP contribution in [0.1, 0.15) is 63.7 Å². The van der Waals surface area contributed by atoms with Gasteiger partial charge in [-0.1, -0.05) is 30.3 Å². The van der Waals surface area contributed by atoms with Crippen LogP contribution in [0.2, 0.25) is 0 Å². The molecule has 0 radical (unpaired) electrons. The number of halogens is 3. The van der Waals surface area contributed by atoms with Gasteiger partial charge in [0.25, 0.3) is 5.91 Å². The first kappa shape index (κ1) is 25.8. The molecule has 1 aromatic heterocycles. The zero-order chi connectivity index (χ0) is 27.1. The van der Waals surface area contributed by atoms with E-state index >= 15 is 0 Å². The largest absolute Gasteiger partial charge is 0.508 e. The van der Waals surface area contributed by atoms with Crippen LogP contribution in [0.25, 0.3) is 0 Å². The maximum Gasteiger partial charge on any atom is 0.433 e. The molecule has 9 heteroatoms. The predicted molar refractivity (Wildman–Crippen MR) is 135 cm³/mol. The number of carbonyl (C=O) groups excluding carboxylic acids is 2. The molecule has 1 fully saturated rings. The van der Waals surface area contributed by atoms with Crippen LogP contribution in [0.15, 0.2) is 60.7 Å². The van der Waals surface area contributed by atoms with Gasteiger partial charge in [-0.05, 0) is 73.2 Å². The molecule has 6 nitrogen and oxygen atoms in total. The Kier molecular flexibility index (Phi) is 6.63. The molecule has 2 aromatic carbocycles. The van der Waals surface area contributed by atoms with Crippen molar-refractivity contribution in [3.05, 3.63) is 94.3 Å². The standard InChI is InChI=1S/C29H28F3N3O3/c1-18-15-19(9-10-24(18)36)27(38)35-13-11-28(12-14-35)17-23(21-6-2-3-7-22(21)28)34-26(37)16-20-5-4-8-25(33-20)29(30,31)32/h2-10,15,23,36H,11-14,16-17H2,1H3,(H,34,37). The van der Waals surface area contributed by atoms with Crippen molar-refractivity contribution in [2.24, 2.45) is 0 Å². The lowest BCUT2D eigenvalue weighted by atomic mass is 9.73. The van der Waals surface area contributed by atoms with E-state index in [9.17, 15) is 27.9 Å². The molecular weight excluding hydrogens is 495 g/mol. The minimum Gasteiger partial charge on any atom is -0.508 e.